The summed E-state index contributed by atoms with van der Waals surface area (Å²) in [5.74, 6) is -2.43. The number of alkyl halides is 3. The summed E-state index contributed by atoms with van der Waals surface area (Å²) in [6, 6.07) is 11.9. The van der Waals surface area contributed by atoms with Crippen molar-refractivity contribution in [3.8, 4) is 0 Å². The molecule has 3 nitrogen and oxygen atoms in total. The highest BCUT2D eigenvalue weighted by Crippen LogP contribution is 2.31. The van der Waals surface area contributed by atoms with Crippen molar-refractivity contribution in [2.45, 2.75) is 26.2 Å². The Morgan fingerprint density at radius 2 is 1.78 bits per heavy atom. The molecule has 0 saturated heterocycles. The number of nitrogens with zero attached hydrogens (tertiary/aromatic N) is 1. The number of thiophene rings is 1. The molecule has 166 valence electrons. The fraction of sp³-hybridized carbons (Fsp3) is 0.174. The highest BCUT2D eigenvalue weighted by Gasteiger charge is 2.30. The molecule has 0 fully saturated rings. The molecular formula is C23H17F5N2OS. The van der Waals surface area contributed by atoms with Crippen LogP contribution in [0.1, 0.15) is 32.1 Å². The molecule has 0 saturated carbocycles. The van der Waals surface area contributed by atoms with Crippen LogP contribution in [0.4, 0.5) is 22.0 Å². The lowest BCUT2D eigenvalue weighted by Gasteiger charge is -2.12. The van der Waals surface area contributed by atoms with E-state index in [2.05, 4.69) is 5.32 Å². The van der Waals surface area contributed by atoms with Crippen LogP contribution >= 0.6 is 11.3 Å². The smallest absolute Gasteiger partial charge is 0.347 e. The van der Waals surface area contributed by atoms with Gasteiger partial charge in [-0.15, -0.1) is 11.3 Å². The minimum atomic E-state index is -4.47. The van der Waals surface area contributed by atoms with Crippen molar-refractivity contribution < 1.29 is 26.7 Å². The first-order chi connectivity index (χ1) is 15.1. The molecule has 0 atom stereocenters. The first-order valence-electron chi connectivity index (χ1n) is 9.60. The Hall–Kier alpha value is -3.20. The predicted octanol–water partition coefficient (Wildman–Crippen LogP) is 6.29. The van der Waals surface area contributed by atoms with E-state index >= 15 is 0 Å². The van der Waals surface area contributed by atoms with Crippen molar-refractivity contribution in [3.63, 3.8) is 0 Å². The second-order valence-corrected chi connectivity index (χ2v) is 8.64. The zero-order chi connectivity index (χ0) is 23.0. The molecule has 2 heterocycles. The molecule has 1 amide bonds. The van der Waals surface area contributed by atoms with Crippen molar-refractivity contribution in [2.24, 2.45) is 0 Å². The summed E-state index contributed by atoms with van der Waals surface area (Å²) in [4.78, 5) is 13.9. The van der Waals surface area contributed by atoms with Crippen LogP contribution in [0.5, 0.6) is 0 Å². The Morgan fingerprint density at radius 1 is 1.00 bits per heavy atom. The van der Waals surface area contributed by atoms with E-state index in [4.69, 9.17) is 0 Å². The summed E-state index contributed by atoms with van der Waals surface area (Å²) in [6.45, 7) is 1.95. The fourth-order valence-corrected chi connectivity index (χ4v) is 4.44. The third-order valence-electron chi connectivity index (χ3n) is 4.98. The number of aromatic nitrogens is 1. The lowest BCUT2D eigenvalue weighted by molar-refractivity contribution is -0.137. The number of halogens is 5. The summed E-state index contributed by atoms with van der Waals surface area (Å²) >= 11 is 1.48. The number of hydrogen-bond donors (Lipinski definition) is 1. The van der Waals surface area contributed by atoms with Crippen LogP contribution in [0, 0.1) is 18.6 Å². The van der Waals surface area contributed by atoms with E-state index in [0.29, 0.717) is 11.1 Å². The van der Waals surface area contributed by atoms with Crippen LogP contribution in [0.15, 0.2) is 54.6 Å². The largest absolute Gasteiger partial charge is 0.416 e. The van der Waals surface area contributed by atoms with Gasteiger partial charge in [-0.1, -0.05) is 18.2 Å². The normalized spacial score (nSPS) is 11.8. The van der Waals surface area contributed by atoms with Gasteiger partial charge in [0, 0.05) is 18.0 Å². The molecule has 4 rings (SSSR count). The van der Waals surface area contributed by atoms with E-state index in [1.807, 2.05) is 13.0 Å². The summed E-state index contributed by atoms with van der Waals surface area (Å²) < 4.78 is 68.2. The maximum absolute atomic E-state index is 13.7. The van der Waals surface area contributed by atoms with Crippen molar-refractivity contribution in [1.82, 2.24) is 9.88 Å². The molecule has 0 aliphatic carbocycles. The van der Waals surface area contributed by atoms with Crippen molar-refractivity contribution in [3.05, 3.63) is 93.5 Å². The molecule has 1 N–H and O–H groups in total. The number of hydrogen-bond acceptors (Lipinski definition) is 2. The molecule has 0 aliphatic rings. The van der Waals surface area contributed by atoms with E-state index in [-0.39, 0.29) is 18.8 Å². The van der Waals surface area contributed by atoms with Gasteiger partial charge in [-0.05, 0) is 54.4 Å². The SMILES string of the molecule is Cc1cc2c(cc(C(=O)NCc3cccc(C(F)(F)F)c3)n2Cc2ccc(F)c(F)c2)s1. The molecule has 0 bridgehead atoms. The van der Waals surface area contributed by atoms with Crippen LogP contribution < -0.4 is 5.32 Å². The van der Waals surface area contributed by atoms with Gasteiger partial charge in [0.15, 0.2) is 11.6 Å². The van der Waals surface area contributed by atoms with Gasteiger partial charge in [-0.25, -0.2) is 8.78 Å². The highest BCUT2D eigenvalue weighted by molar-refractivity contribution is 7.19. The van der Waals surface area contributed by atoms with Crippen LogP contribution in [0.25, 0.3) is 10.2 Å². The highest BCUT2D eigenvalue weighted by atomic mass is 32.1. The lowest BCUT2D eigenvalue weighted by atomic mass is 10.1. The van der Waals surface area contributed by atoms with Crippen LogP contribution in [-0.4, -0.2) is 10.5 Å². The average Bonchev–Trinajstić information content (AvgIpc) is 3.25. The van der Waals surface area contributed by atoms with Crippen molar-refractivity contribution >= 4 is 27.5 Å². The number of aryl methyl sites for hydroxylation is 1. The number of nitrogens with one attached hydrogen (secondary N) is 1. The Labute approximate surface area is 184 Å². The third kappa shape index (κ3) is 4.52. The summed E-state index contributed by atoms with van der Waals surface area (Å²) in [5.41, 5.74) is 1.04. The Balaban J connectivity index is 1.61. The molecule has 0 unspecified atom stereocenters. The number of rotatable bonds is 5. The lowest BCUT2D eigenvalue weighted by Crippen LogP contribution is -2.26. The molecule has 0 spiro atoms. The zero-order valence-electron chi connectivity index (χ0n) is 16.8. The van der Waals surface area contributed by atoms with Crippen molar-refractivity contribution in [2.75, 3.05) is 0 Å². The number of carbonyl (C=O) groups is 1. The van der Waals surface area contributed by atoms with Crippen LogP contribution in [0.3, 0.4) is 0 Å². The number of benzene rings is 2. The van der Waals surface area contributed by atoms with Gasteiger partial charge in [0.25, 0.3) is 5.91 Å². The van der Waals surface area contributed by atoms with Gasteiger partial charge in [0.05, 0.1) is 15.8 Å². The van der Waals surface area contributed by atoms with Gasteiger partial charge in [0.1, 0.15) is 5.69 Å². The van der Waals surface area contributed by atoms with E-state index in [1.165, 1.54) is 29.5 Å². The van der Waals surface area contributed by atoms with Gasteiger partial charge in [-0.2, -0.15) is 13.2 Å². The minimum absolute atomic E-state index is 0.0915. The van der Waals surface area contributed by atoms with Gasteiger partial charge in [0.2, 0.25) is 0 Å². The first kappa shape index (κ1) is 22.0. The van der Waals surface area contributed by atoms with E-state index in [0.717, 1.165) is 39.4 Å². The Morgan fingerprint density at radius 3 is 2.50 bits per heavy atom. The molecule has 0 radical (unpaired) electrons. The van der Waals surface area contributed by atoms with Crippen LogP contribution in [-0.2, 0) is 19.3 Å². The molecule has 2 aromatic heterocycles. The van der Waals surface area contributed by atoms with Crippen LogP contribution in [0.2, 0.25) is 0 Å². The van der Waals surface area contributed by atoms with E-state index < -0.39 is 29.3 Å². The van der Waals surface area contributed by atoms with Gasteiger partial charge in [-0.3, -0.25) is 4.79 Å². The fourth-order valence-electron chi connectivity index (χ4n) is 3.47. The molecule has 9 heteroatoms. The second-order valence-electron chi connectivity index (χ2n) is 7.35. The monoisotopic (exact) mass is 464 g/mol. The number of amides is 1. The molecular weight excluding hydrogens is 447 g/mol. The number of fused-ring (bicyclic) bond motifs is 1. The maximum atomic E-state index is 13.7. The van der Waals surface area contributed by atoms with E-state index in [1.54, 1.807) is 10.6 Å². The standard InChI is InChI=1S/C23H17F5N2OS/c1-13-7-19-21(32-13)10-20(30(19)12-15-5-6-17(24)18(25)9-15)22(31)29-11-14-3-2-4-16(8-14)23(26,27)28/h2-10H,11-12H2,1H3,(H,29,31). The summed E-state index contributed by atoms with van der Waals surface area (Å²) in [5, 5.41) is 2.65. The molecule has 4 aromatic rings. The maximum Gasteiger partial charge on any atom is 0.416 e. The number of carbonyl (C=O) groups excluding carboxylic acids is 1. The van der Waals surface area contributed by atoms with Crippen molar-refractivity contribution in [1.29, 1.82) is 0 Å². The van der Waals surface area contributed by atoms with Gasteiger partial charge >= 0.3 is 6.18 Å². The Bertz CT molecular complexity index is 1310. The molecule has 32 heavy (non-hydrogen) atoms. The molecule has 2 aromatic carbocycles. The molecule has 0 aliphatic heterocycles. The Kier molecular flexibility index (Phi) is 5.77. The van der Waals surface area contributed by atoms with Gasteiger partial charge < -0.3 is 9.88 Å². The summed E-state index contributed by atoms with van der Waals surface area (Å²) in [7, 11) is 0. The second kappa shape index (κ2) is 8.38. The topological polar surface area (TPSA) is 34.0 Å². The minimum Gasteiger partial charge on any atom is -0.347 e. The third-order valence-corrected chi connectivity index (χ3v) is 5.96. The average molecular weight is 464 g/mol. The predicted molar refractivity (Wildman–Crippen MR) is 113 cm³/mol. The summed E-state index contributed by atoms with van der Waals surface area (Å²) in [6.07, 6.45) is -4.47. The van der Waals surface area contributed by atoms with E-state index in [9.17, 15) is 26.7 Å². The zero-order valence-corrected chi connectivity index (χ0v) is 17.6. The first-order valence-corrected chi connectivity index (χ1v) is 10.4. The quantitative estimate of drug-likeness (QED) is 0.346.